The summed E-state index contributed by atoms with van der Waals surface area (Å²) >= 11 is 0. The number of hydrogen-bond donors (Lipinski definition) is 1. The fraction of sp³-hybridized carbons (Fsp3) is 0.647. The minimum absolute atomic E-state index is 0.162. The van der Waals surface area contributed by atoms with Crippen molar-refractivity contribution in [1.29, 1.82) is 0 Å². The molecule has 2 aliphatic carbocycles. The molecule has 0 spiro atoms. The zero-order chi connectivity index (χ0) is 15.7. The maximum Gasteiger partial charge on any atom is 0.263 e. The van der Waals surface area contributed by atoms with E-state index in [1.807, 2.05) is 19.2 Å². The molecule has 1 aromatic rings. The van der Waals surface area contributed by atoms with Crippen molar-refractivity contribution in [2.24, 2.45) is 0 Å². The molecule has 0 bridgehead atoms. The first-order chi connectivity index (χ1) is 10.6. The van der Waals surface area contributed by atoms with E-state index in [0.29, 0.717) is 6.61 Å². The summed E-state index contributed by atoms with van der Waals surface area (Å²) in [6, 6.07) is 2.14. The monoisotopic (exact) mass is 304 g/mol. The van der Waals surface area contributed by atoms with Gasteiger partial charge in [-0.25, -0.2) is 0 Å². The van der Waals surface area contributed by atoms with E-state index in [2.05, 4.69) is 5.32 Å². The second-order valence-corrected chi connectivity index (χ2v) is 6.69. The number of aryl methyl sites for hydroxylation is 1. The molecule has 1 N–H and O–H groups in total. The maximum atomic E-state index is 12.7. The molecule has 1 heterocycles. The van der Waals surface area contributed by atoms with Crippen molar-refractivity contribution in [3.05, 3.63) is 33.7 Å². The molecule has 1 aromatic heterocycles. The highest BCUT2D eigenvalue weighted by Crippen LogP contribution is 2.33. The molecule has 0 unspecified atom stereocenters. The molecule has 2 aliphatic rings. The van der Waals surface area contributed by atoms with Gasteiger partial charge in [-0.2, -0.15) is 0 Å². The molecule has 120 valence electrons. The Bertz CT molecular complexity index is 625. The fourth-order valence-electron chi connectivity index (χ4n) is 3.49. The van der Waals surface area contributed by atoms with Gasteiger partial charge in [0, 0.05) is 19.3 Å². The molecule has 5 heteroatoms. The number of pyridine rings is 1. The van der Waals surface area contributed by atoms with Crippen LogP contribution >= 0.6 is 0 Å². The van der Waals surface area contributed by atoms with Gasteiger partial charge in [0.15, 0.2) is 0 Å². The summed E-state index contributed by atoms with van der Waals surface area (Å²) in [5, 5.41) is 3.10. The number of nitrogens with zero attached hydrogens (tertiary/aromatic N) is 1. The zero-order valence-corrected chi connectivity index (χ0v) is 13.4. The fourth-order valence-corrected chi connectivity index (χ4v) is 3.49. The lowest BCUT2D eigenvalue weighted by Crippen LogP contribution is -2.51. The van der Waals surface area contributed by atoms with Crippen LogP contribution in [-0.2, 0) is 4.74 Å². The Labute approximate surface area is 130 Å². The average Bonchev–Trinajstić information content (AvgIpc) is 3.20. The van der Waals surface area contributed by atoms with Crippen LogP contribution in [0.1, 0.15) is 60.5 Å². The zero-order valence-electron chi connectivity index (χ0n) is 13.4. The molecular weight excluding hydrogens is 280 g/mol. The Morgan fingerprint density at radius 1 is 1.41 bits per heavy atom. The lowest BCUT2D eigenvalue weighted by molar-refractivity contribution is 0.0764. The molecule has 0 saturated heterocycles. The first-order valence-electron chi connectivity index (χ1n) is 8.09. The largest absolute Gasteiger partial charge is 0.382 e. The van der Waals surface area contributed by atoms with Crippen molar-refractivity contribution >= 4 is 5.91 Å². The van der Waals surface area contributed by atoms with Crippen molar-refractivity contribution in [3.63, 3.8) is 0 Å². The SMILES string of the molecule is COCC1(NC(=O)c2c(C)ccn(C3CC3)c2=O)CCCC1. The lowest BCUT2D eigenvalue weighted by atomic mass is 9.97. The molecule has 2 fully saturated rings. The summed E-state index contributed by atoms with van der Waals surface area (Å²) in [5.41, 5.74) is 0.553. The van der Waals surface area contributed by atoms with E-state index in [-0.39, 0.29) is 28.6 Å². The third-order valence-electron chi connectivity index (χ3n) is 4.86. The average molecular weight is 304 g/mol. The van der Waals surface area contributed by atoms with Crippen LogP contribution in [0.4, 0.5) is 0 Å². The summed E-state index contributed by atoms with van der Waals surface area (Å²) in [5.74, 6) is -0.253. The number of methoxy groups -OCH3 is 1. The molecule has 1 amide bonds. The highest BCUT2D eigenvalue weighted by molar-refractivity contribution is 5.95. The van der Waals surface area contributed by atoms with Gasteiger partial charge in [-0.3, -0.25) is 9.59 Å². The second kappa shape index (κ2) is 5.88. The Balaban J connectivity index is 1.88. The van der Waals surface area contributed by atoms with Gasteiger partial charge in [0.1, 0.15) is 5.56 Å². The predicted octanol–water partition coefficient (Wildman–Crippen LogP) is 2.18. The van der Waals surface area contributed by atoms with Crippen molar-refractivity contribution < 1.29 is 9.53 Å². The van der Waals surface area contributed by atoms with Crippen LogP contribution in [0.5, 0.6) is 0 Å². The van der Waals surface area contributed by atoms with Gasteiger partial charge in [0.2, 0.25) is 0 Å². The Kier molecular flexibility index (Phi) is 4.08. The minimum Gasteiger partial charge on any atom is -0.382 e. The van der Waals surface area contributed by atoms with E-state index in [1.165, 1.54) is 0 Å². The number of aromatic nitrogens is 1. The molecule has 0 aliphatic heterocycles. The van der Waals surface area contributed by atoms with Gasteiger partial charge in [-0.05, 0) is 44.2 Å². The predicted molar refractivity (Wildman–Crippen MR) is 84.3 cm³/mol. The van der Waals surface area contributed by atoms with Gasteiger partial charge >= 0.3 is 0 Å². The second-order valence-electron chi connectivity index (χ2n) is 6.69. The first kappa shape index (κ1) is 15.3. The highest BCUT2D eigenvalue weighted by Gasteiger charge is 2.36. The number of amides is 1. The van der Waals surface area contributed by atoms with Gasteiger partial charge in [-0.15, -0.1) is 0 Å². The van der Waals surface area contributed by atoms with E-state index in [0.717, 1.165) is 44.1 Å². The first-order valence-corrected chi connectivity index (χ1v) is 8.09. The van der Waals surface area contributed by atoms with Gasteiger partial charge in [0.25, 0.3) is 11.5 Å². The van der Waals surface area contributed by atoms with Crippen molar-refractivity contribution in [2.75, 3.05) is 13.7 Å². The smallest absolute Gasteiger partial charge is 0.263 e. The highest BCUT2D eigenvalue weighted by atomic mass is 16.5. The van der Waals surface area contributed by atoms with E-state index in [9.17, 15) is 9.59 Å². The number of hydrogen-bond acceptors (Lipinski definition) is 3. The molecule has 22 heavy (non-hydrogen) atoms. The van der Waals surface area contributed by atoms with Crippen LogP contribution in [-0.4, -0.2) is 29.7 Å². The van der Waals surface area contributed by atoms with E-state index >= 15 is 0 Å². The molecule has 2 saturated carbocycles. The van der Waals surface area contributed by atoms with Crippen LogP contribution < -0.4 is 10.9 Å². The number of ether oxygens (including phenoxy) is 1. The van der Waals surface area contributed by atoms with Crippen LogP contribution in [0.3, 0.4) is 0 Å². The van der Waals surface area contributed by atoms with E-state index in [1.54, 1.807) is 11.7 Å². The normalized spacial score (nSPS) is 20.1. The Morgan fingerprint density at radius 2 is 2.09 bits per heavy atom. The van der Waals surface area contributed by atoms with Crippen LogP contribution in [0.25, 0.3) is 0 Å². The van der Waals surface area contributed by atoms with E-state index < -0.39 is 0 Å². The quantitative estimate of drug-likeness (QED) is 0.907. The van der Waals surface area contributed by atoms with Crippen LogP contribution in [0.15, 0.2) is 17.1 Å². The minimum atomic E-state index is -0.315. The number of carbonyl (C=O) groups is 1. The molecule has 0 aromatic carbocycles. The topological polar surface area (TPSA) is 60.3 Å². The molecule has 0 radical (unpaired) electrons. The summed E-state index contributed by atoms with van der Waals surface area (Å²) in [4.78, 5) is 25.4. The molecule has 3 rings (SSSR count). The third kappa shape index (κ3) is 2.82. The molecular formula is C17H24N2O3. The van der Waals surface area contributed by atoms with E-state index in [4.69, 9.17) is 4.74 Å². The van der Waals surface area contributed by atoms with Crippen molar-refractivity contribution in [2.45, 2.75) is 57.0 Å². The lowest BCUT2D eigenvalue weighted by Gasteiger charge is -2.29. The van der Waals surface area contributed by atoms with Gasteiger partial charge in [0.05, 0.1) is 12.1 Å². The Morgan fingerprint density at radius 3 is 2.68 bits per heavy atom. The van der Waals surface area contributed by atoms with Crippen molar-refractivity contribution in [3.8, 4) is 0 Å². The third-order valence-corrected chi connectivity index (χ3v) is 4.86. The number of nitrogens with one attached hydrogen (secondary N) is 1. The van der Waals surface area contributed by atoms with Crippen LogP contribution in [0.2, 0.25) is 0 Å². The Hall–Kier alpha value is -1.62. The summed E-state index contributed by atoms with van der Waals surface area (Å²) in [6.07, 6.45) is 7.86. The molecule has 0 atom stereocenters. The maximum absolute atomic E-state index is 12.7. The van der Waals surface area contributed by atoms with Gasteiger partial charge in [-0.1, -0.05) is 12.8 Å². The summed E-state index contributed by atoms with van der Waals surface area (Å²) in [7, 11) is 1.65. The van der Waals surface area contributed by atoms with Gasteiger partial charge < -0.3 is 14.6 Å². The number of carbonyl (C=O) groups excluding carboxylic acids is 1. The molecule has 5 nitrogen and oxygen atoms in total. The summed E-state index contributed by atoms with van der Waals surface area (Å²) < 4.78 is 7.01. The van der Waals surface area contributed by atoms with Crippen LogP contribution in [0, 0.1) is 6.92 Å². The summed E-state index contributed by atoms with van der Waals surface area (Å²) in [6.45, 7) is 2.33. The van der Waals surface area contributed by atoms with Crippen molar-refractivity contribution in [1.82, 2.24) is 9.88 Å². The number of rotatable bonds is 5. The standard InChI is InChI=1S/C17H24N2O3/c1-12-7-10-19(13-5-6-13)16(21)14(12)15(20)18-17(11-22-2)8-3-4-9-17/h7,10,13H,3-6,8-9,11H2,1-2H3,(H,18,20).